The fourth-order valence-corrected chi connectivity index (χ4v) is 3.11. The van der Waals surface area contributed by atoms with E-state index in [1.165, 1.54) is 10.4 Å². The van der Waals surface area contributed by atoms with E-state index in [1.54, 1.807) is 11.3 Å². The minimum atomic E-state index is -0.153. The van der Waals surface area contributed by atoms with E-state index in [-0.39, 0.29) is 18.0 Å². The van der Waals surface area contributed by atoms with Gasteiger partial charge in [0.05, 0.1) is 6.04 Å². The molecule has 98 valence electrons. The molecule has 0 saturated carbocycles. The molecule has 1 aromatic heterocycles. The van der Waals surface area contributed by atoms with Crippen molar-refractivity contribution in [1.82, 2.24) is 5.32 Å². The normalized spacial score (nSPS) is 18.5. The number of rotatable bonds is 3. The standard InChI is InChI=1S/C15H16N2OS/c1-10(14-7-4-8-19-14)16-15(18)13-9-11-5-2-3-6-12(11)17-13/h2-8,10,13,17H,9H2,1H3,(H,16,18)/t10?,13-/m0/s1. The predicted octanol–water partition coefficient (Wildman–Crippen LogP) is 2.96. The summed E-state index contributed by atoms with van der Waals surface area (Å²) in [5.41, 5.74) is 2.29. The number of para-hydroxylation sites is 1. The first kappa shape index (κ1) is 12.2. The van der Waals surface area contributed by atoms with Gasteiger partial charge in [0, 0.05) is 17.0 Å². The van der Waals surface area contributed by atoms with Gasteiger partial charge in [-0.05, 0) is 30.0 Å². The highest BCUT2D eigenvalue weighted by molar-refractivity contribution is 7.10. The Morgan fingerprint density at radius 1 is 1.37 bits per heavy atom. The Hall–Kier alpha value is -1.81. The van der Waals surface area contributed by atoms with E-state index in [0.29, 0.717) is 0 Å². The highest BCUT2D eigenvalue weighted by Crippen LogP contribution is 2.26. The number of anilines is 1. The van der Waals surface area contributed by atoms with Gasteiger partial charge in [-0.15, -0.1) is 11.3 Å². The van der Waals surface area contributed by atoms with E-state index in [9.17, 15) is 4.79 Å². The monoisotopic (exact) mass is 272 g/mol. The molecular weight excluding hydrogens is 256 g/mol. The van der Waals surface area contributed by atoms with Gasteiger partial charge >= 0.3 is 0 Å². The molecule has 1 amide bonds. The van der Waals surface area contributed by atoms with Crippen molar-refractivity contribution in [1.29, 1.82) is 0 Å². The summed E-state index contributed by atoms with van der Waals surface area (Å²) in [5, 5.41) is 8.37. The highest BCUT2D eigenvalue weighted by Gasteiger charge is 2.27. The Labute approximate surface area is 116 Å². The van der Waals surface area contributed by atoms with Gasteiger partial charge in [-0.1, -0.05) is 24.3 Å². The molecule has 3 nitrogen and oxygen atoms in total. The Morgan fingerprint density at radius 3 is 2.95 bits per heavy atom. The van der Waals surface area contributed by atoms with Crippen LogP contribution in [-0.2, 0) is 11.2 Å². The summed E-state index contributed by atoms with van der Waals surface area (Å²) in [7, 11) is 0. The molecule has 2 N–H and O–H groups in total. The molecule has 2 heterocycles. The van der Waals surface area contributed by atoms with Crippen LogP contribution in [-0.4, -0.2) is 11.9 Å². The zero-order chi connectivity index (χ0) is 13.2. The summed E-state index contributed by atoms with van der Waals surface area (Å²) in [4.78, 5) is 13.4. The highest BCUT2D eigenvalue weighted by atomic mass is 32.1. The minimum Gasteiger partial charge on any atom is -0.373 e. The molecular formula is C15H16N2OS. The predicted molar refractivity (Wildman–Crippen MR) is 78.4 cm³/mol. The molecule has 1 aliphatic heterocycles. The van der Waals surface area contributed by atoms with Crippen molar-refractivity contribution in [2.75, 3.05) is 5.32 Å². The number of nitrogens with one attached hydrogen (secondary N) is 2. The second-order valence-electron chi connectivity index (χ2n) is 4.80. The van der Waals surface area contributed by atoms with Crippen molar-refractivity contribution in [3.05, 3.63) is 52.2 Å². The van der Waals surface area contributed by atoms with Crippen molar-refractivity contribution >= 4 is 22.9 Å². The van der Waals surface area contributed by atoms with Crippen LogP contribution in [0.3, 0.4) is 0 Å². The van der Waals surface area contributed by atoms with Gasteiger partial charge in [-0.3, -0.25) is 4.79 Å². The van der Waals surface area contributed by atoms with E-state index in [1.807, 2.05) is 42.6 Å². The molecule has 1 unspecified atom stereocenters. The third-order valence-electron chi connectivity index (χ3n) is 3.42. The molecule has 2 atom stereocenters. The van der Waals surface area contributed by atoms with Gasteiger partial charge < -0.3 is 10.6 Å². The molecule has 0 spiro atoms. The summed E-state index contributed by atoms with van der Waals surface area (Å²) in [6.45, 7) is 2.02. The van der Waals surface area contributed by atoms with E-state index in [0.717, 1.165) is 12.1 Å². The smallest absolute Gasteiger partial charge is 0.243 e. The summed E-state index contributed by atoms with van der Waals surface area (Å²) >= 11 is 1.67. The molecule has 3 rings (SSSR count). The van der Waals surface area contributed by atoms with Crippen LogP contribution in [0.1, 0.15) is 23.4 Å². The number of carbonyl (C=O) groups excluding carboxylic acids is 1. The number of amides is 1. The molecule has 19 heavy (non-hydrogen) atoms. The number of carbonyl (C=O) groups is 1. The third-order valence-corrected chi connectivity index (χ3v) is 4.47. The van der Waals surface area contributed by atoms with E-state index < -0.39 is 0 Å². The Balaban J connectivity index is 1.64. The first-order valence-corrected chi connectivity index (χ1v) is 7.30. The van der Waals surface area contributed by atoms with Gasteiger partial charge in [0.25, 0.3) is 0 Å². The quantitative estimate of drug-likeness (QED) is 0.902. The van der Waals surface area contributed by atoms with Crippen LogP contribution in [0.4, 0.5) is 5.69 Å². The number of fused-ring (bicyclic) bond motifs is 1. The molecule has 4 heteroatoms. The number of benzene rings is 1. The lowest BCUT2D eigenvalue weighted by Gasteiger charge is -2.16. The van der Waals surface area contributed by atoms with Crippen molar-refractivity contribution in [2.45, 2.75) is 25.4 Å². The van der Waals surface area contributed by atoms with E-state index in [2.05, 4.69) is 16.7 Å². The summed E-state index contributed by atoms with van der Waals surface area (Å²) < 4.78 is 0. The maximum atomic E-state index is 12.3. The lowest BCUT2D eigenvalue weighted by atomic mass is 10.1. The fraction of sp³-hybridized carbons (Fsp3) is 0.267. The Kier molecular flexibility index (Phi) is 3.25. The summed E-state index contributed by atoms with van der Waals surface area (Å²) in [6.07, 6.45) is 0.763. The van der Waals surface area contributed by atoms with Crippen molar-refractivity contribution in [2.24, 2.45) is 0 Å². The summed E-state index contributed by atoms with van der Waals surface area (Å²) in [5.74, 6) is 0.0668. The Morgan fingerprint density at radius 2 is 2.21 bits per heavy atom. The molecule has 0 saturated heterocycles. The molecule has 1 aromatic carbocycles. The van der Waals surface area contributed by atoms with Crippen LogP contribution >= 0.6 is 11.3 Å². The van der Waals surface area contributed by atoms with Gasteiger partial charge in [0.15, 0.2) is 0 Å². The molecule has 0 fully saturated rings. The topological polar surface area (TPSA) is 41.1 Å². The number of hydrogen-bond acceptors (Lipinski definition) is 3. The van der Waals surface area contributed by atoms with Crippen LogP contribution in [0.25, 0.3) is 0 Å². The van der Waals surface area contributed by atoms with Gasteiger partial charge in [-0.2, -0.15) is 0 Å². The second kappa shape index (κ2) is 5.05. The minimum absolute atomic E-state index is 0.0668. The van der Waals surface area contributed by atoms with Crippen LogP contribution < -0.4 is 10.6 Å². The number of hydrogen-bond donors (Lipinski definition) is 2. The maximum absolute atomic E-state index is 12.3. The summed E-state index contributed by atoms with van der Waals surface area (Å²) in [6, 6.07) is 12.1. The first-order chi connectivity index (χ1) is 9.24. The lowest BCUT2D eigenvalue weighted by Crippen LogP contribution is -2.39. The SMILES string of the molecule is CC(NC(=O)[C@@H]1Cc2ccccc2N1)c1cccs1. The average molecular weight is 272 g/mol. The molecule has 2 aromatic rings. The first-order valence-electron chi connectivity index (χ1n) is 6.42. The maximum Gasteiger partial charge on any atom is 0.243 e. The molecule has 0 radical (unpaired) electrons. The Bertz CT molecular complexity index is 555. The number of thiophene rings is 1. The van der Waals surface area contributed by atoms with Crippen LogP contribution in [0.2, 0.25) is 0 Å². The van der Waals surface area contributed by atoms with Crippen molar-refractivity contribution in [3.63, 3.8) is 0 Å². The third kappa shape index (κ3) is 2.49. The van der Waals surface area contributed by atoms with Crippen LogP contribution in [0.15, 0.2) is 41.8 Å². The molecule has 0 aliphatic carbocycles. The fourth-order valence-electron chi connectivity index (χ4n) is 2.38. The van der Waals surface area contributed by atoms with Gasteiger partial charge in [0.1, 0.15) is 6.04 Å². The van der Waals surface area contributed by atoms with Gasteiger partial charge in [0.2, 0.25) is 5.91 Å². The van der Waals surface area contributed by atoms with Crippen LogP contribution in [0, 0.1) is 0 Å². The van der Waals surface area contributed by atoms with E-state index >= 15 is 0 Å². The van der Waals surface area contributed by atoms with E-state index in [4.69, 9.17) is 0 Å². The average Bonchev–Trinajstić information content (AvgIpc) is 3.07. The zero-order valence-corrected chi connectivity index (χ0v) is 11.5. The van der Waals surface area contributed by atoms with Gasteiger partial charge in [-0.25, -0.2) is 0 Å². The lowest BCUT2D eigenvalue weighted by molar-refractivity contribution is -0.122. The van der Waals surface area contributed by atoms with Crippen LogP contribution in [0.5, 0.6) is 0 Å². The van der Waals surface area contributed by atoms with Crippen molar-refractivity contribution in [3.8, 4) is 0 Å². The molecule has 1 aliphatic rings. The largest absolute Gasteiger partial charge is 0.373 e. The van der Waals surface area contributed by atoms with Crippen molar-refractivity contribution < 1.29 is 4.79 Å². The molecule has 0 bridgehead atoms. The second-order valence-corrected chi connectivity index (χ2v) is 5.78. The zero-order valence-electron chi connectivity index (χ0n) is 10.7.